The molecule has 1 fully saturated rings. The molecule has 39 heavy (non-hydrogen) atoms. The molecule has 2 heterocycles. The number of amides is 1. The van der Waals surface area contributed by atoms with Crippen LogP contribution in [0.5, 0.6) is 5.75 Å². The summed E-state index contributed by atoms with van der Waals surface area (Å²) in [7, 11) is -4.00. The Morgan fingerprint density at radius 1 is 1.23 bits per heavy atom. The van der Waals surface area contributed by atoms with Gasteiger partial charge in [-0.25, -0.2) is 18.0 Å². The third kappa shape index (κ3) is 6.53. The number of H-pyrrole nitrogens is 2. The zero-order valence-corrected chi connectivity index (χ0v) is 23.4. The molecule has 3 aromatic rings. The molecule has 0 saturated heterocycles. The number of hydrogen-bond acceptors (Lipinski definition) is 8. The minimum absolute atomic E-state index is 0.000395. The number of pyridine rings is 1. The van der Waals surface area contributed by atoms with Crippen molar-refractivity contribution in [3.8, 4) is 5.75 Å². The van der Waals surface area contributed by atoms with Crippen molar-refractivity contribution in [3.05, 3.63) is 34.7 Å². The molecule has 1 amide bonds. The van der Waals surface area contributed by atoms with Crippen molar-refractivity contribution in [1.82, 2.24) is 19.6 Å². The summed E-state index contributed by atoms with van der Waals surface area (Å²) in [6.07, 6.45) is 1.82. The van der Waals surface area contributed by atoms with Crippen molar-refractivity contribution in [3.63, 3.8) is 0 Å². The molecule has 3 N–H and O–H groups in total. The molecule has 0 spiro atoms. The highest BCUT2D eigenvalue weighted by molar-refractivity contribution is 7.89. The van der Waals surface area contributed by atoms with Crippen LogP contribution in [-0.2, 0) is 19.5 Å². The van der Waals surface area contributed by atoms with E-state index in [1.165, 1.54) is 28.7 Å². The van der Waals surface area contributed by atoms with Crippen molar-refractivity contribution in [1.29, 1.82) is 0 Å². The molecule has 1 aliphatic carbocycles. The van der Waals surface area contributed by atoms with Gasteiger partial charge in [0.2, 0.25) is 10.0 Å². The number of aromatic nitrogens is 2. The first-order valence-electron chi connectivity index (χ1n) is 12.8. The number of rotatable bonds is 9. The second kappa shape index (κ2) is 10.9. The Kier molecular flexibility index (Phi) is 7.94. The average molecular weight is 563 g/mol. The van der Waals surface area contributed by atoms with E-state index < -0.39 is 39.5 Å². The third-order valence-electron chi connectivity index (χ3n) is 5.97. The maximum absolute atomic E-state index is 13.8. The first-order valence-corrected chi connectivity index (χ1v) is 14.3. The quantitative estimate of drug-likeness (QED) is 0.330. The molecule has 0 bridgehead atoms. The van der Waals surface area contributed by atoms with Crippen LogP contribution in [0.2, 0.25) is 0 Å². The molecule has 13 heteroatoms. The Labute approximate surface area is 226 Å². The molecular weight excluding hydrogens is 528 g/mol. The van der Waals surface area contributed by atoms with Gasteiger partial charge in [0.05, 0.1) is 16.9 Å². The molecule has 1 saturated carbocycles. The summed E-state index contributed by atoms with van der Waals surface area (Å²) in [4.78, 5) is 42.4. The van der Waals surface area contributed by atoms with E-state index in [1.807, 2.05) is 6.92 Å². The zero-order valence-electron chi connectivity index (χ0n) is 22.6. The van der Waals surface area contributed by atoms with Gasteiger partial charge >= 0.3 is 12.2 Å². The minimum atomic E-state index is -4.00. The van der Waals surface area contributed by atoms with Crippen LogP contribution in [0.3, 0.4) is 0 Å². The van der Waals surface area contributed by atoms with Crippen LogP contribution in [0.1, 0.15) is 53.9 Å². The number of aromatic amines is 2. The third-order valence-corrected chi connectivity index (χ3v) is 7.89. The average Bonchev–Trinajstić information content (AvgIpc) is 3.59. The standard InChI is InChI=1S/C26H34N4O8S/c1-6-11-36-25(33)37-20-13-27-22-21(20)18-12-17(9-10-19(18)29-23(22)31)39(34,35)30(16-7-8-16)14-15(2)28-24(32)38-26(3,4)5/h9-10,12-13,15-16,27H,6-8,11,14H2,1-5H3,(H,28,32)(H,29,31)/t15-/m0/s1. The van der Waals surface area contributed by atoms with Crippen LogP contribution in [-0.4, -0.2) is 65.8 Å². The van der Waals surface area contributed by atoms with E-state index >= 15 is 0 Å². The van der Waals surface area contributed by atoms with E-state index in [2.05, 4.69) is 15.3 Å². The lowest BCUT2D eigenvalue weighted by Crippen LogP contribution is -2.46. The fourth-order valence-electron chi connectivity index (χ4n) is 4.19. The molecule has 0 radical (unpaired) electrons. The maximum atomic E-state index is 13.8. The van der Waals surface area contributed by atoms with Crippen LogP contribution < -0.4 is 15.6 Å². The normalized spacial score (nSPS) is 14.9. The van der Waals surface area contributed by atoms with Crippen molar-refractivity contribution in [2.24, 2.45) is 0 Å². The largest absolute Gasteiger partial charge is 0.513 e. The number of nitrogens with zero attached hydrogens (tertiary/aromatic N) is 1. The Morgan fingerprint density at radius 3 is 2.59 bits per heavy atom. The Balaban J connectivity index is 1.68. The van der Waals surface area contributed by atoms with Gasteiger partial charge < -0.3 is 29.5 Å². The summed E-state index contributed by atoms with van der Waals surface area (Å²) in [6, 6.07) is 3.66. The Bertz CT molecular complexity index is 1550. The molecular formula is C26H34N4O8S. The summed E-state index contributed by atoms with van der Waals surface area (Å²) in [6.45, 7) is 9.01. The predicted molar refractivity (Wildman–Crippen MR) is 144 cm³/mol. The maximum Gasteiger partial charge on any atom is 0.513 e. The van der Waals surface area contributed by atoms with E-state index in [4.69, 9.17) is 14.2 Å². The first-order chi connectivity index (χ1) is 18.3. The molecule has 12 nitrogen and oxygen atoms in total. The number of ether oxygens (including phenoxy) is 3. The number of hydrogen-bond donors (Lipinski definition) is 3. The molecule has 0 aliphatic heterocycles. The van der Waals surface area contributed by atoms with Gasteiger partial charge in [-0.3, -0.25) is 4.79 Å². The van der Waals surface area contributed by atoms with Crippen LogP contribution in [0, 0.1) is 0 Å². The van der Waals surface area contributed by atoms with Gasteiger partial charge in [0.15, 0.2) is 5.75 Å². The lowest BCUT2D eigenvalue weighted by molar-refractivity contribution is 0.0502. The Hall–Kier alpha value is -3.58. The monoisotopic (exact) mass is 562 g/mol. The van der Waals surface area contributed by atoms with E-state index in [-0.39, 0.29) is 40.7 Å². The van der Waals surface area contributed by atoms with Gasteiger partial charge in [-0.1, -0.05) is 6.92 Å². The highest BCUT2D eigenvalue weighted by Gasteiger charge is 2.39. The smallest absolute Gasteiger partial charge is 0.444 e. The van der Waals surface area contributed by atoms with Crippen LogP contribution in [0.4, 0.5) is 9.59 Å². The highest BCUT2D eigenvalue weighted by Crippen LogP contribution is 2.35. The SMILES string of the molecule is CCCOC(=O)Oc1c[nH]c2c(=O)[nH]c3ccc(S(=O)(=O)N(C[C@H](C)NC(=O)OC(C)(C)C)C4CC4)cc3c12. The van der Waals surface area contributed by atoms with Gasteiger partial charge in [0.25, 0.3) is 5.56 Å². The van der Waals surface area contributed by atoms with E-state index in [1.54, 1.807) is 27.7 Å². The summed E-state index contributed by atoms with van der Waals surface area (Å²) in [5, 5.41) is 3.34. The summed E-state index contributed by atoms with van der Waals surface area (Å²) in [5.41, 5.74) is -0.636. The number of sulfonamides is 1. The zero-order chi connectivity index (χ0) is 28.5. The van der Waals surface area contributed by atoms with Crippen molar-refractivity contribution in [2.45, 2.75) is 76.5 Å². The molecule has 2 aromatic heterocycles. The number of nitrogens with one attached hydrogen (secondary N) is 3. The number of carbonyl (C=O) groups is 2. The second-order valence-corrected chi connectivity index (χ2v) is 12.5. The topological polar surface area (TPSA) is 160 Å². The van der Waals surface area contributed by atoms with Crippen molar-refractivity contribution < 1.29 is 32.2 Å². The number of benzene rings is 1. The van der Waals surface area contributed by atoms with Gasteiger partial charge in [0.1, 0.15) is 11.1 Å². The summed E-state index contributed by atoms with van der Waals surface area (Å²) in [5.74, 6) is 0.0472. The highest BCUT2D eigenvalue weighted by atomic mass is 32.2. The first kappa shape index (κ1) is 28.4. The molecule has 1 aromatic carbocycles. The summed E-state index contributed by atoms with van der Waals surface area (Å²) >= 11 is 0. The molecule has 1 atom stereocenters. The molecule has 1 aliphatic rings. The van der Waals surface area contributed by atoms with Crippen LogP contribution in [0.15, 0.2) is 34.1 Å². The van der Waals surface area contributed by atoms with Gasteiger partial charge in [0, 0.05) is 35.7 Å². The molecule has 4 rings (SSSR count). The lowest BCUT2D eigenvalue weighted by atomic mass is 10.1. The van der Waals surface area contributed by atoms with Crippen LogP contribution in [0.25, 0.3) is 21.8 Å². The molecule has 212 valence electrons. The fourth-order valence-corrected chi connectivity index (χ4v) is 5.99. The van der Waals surface area contributed by atoms with E-state index in [0.717, 1.165) is 0 Å². The number of alkyl carbamates (subject to hydrolysis) is 1. The van der Waals surface area contributed by atoms with E-state index in [9.17, 15) is 22.8 Å². The van der Waals surface area contributed by atoms with E-state index in [0.29, 0.717) is 30.2 Å². The summed E-state index contributed by atoms with van der Waals surface area (Å²) < 4.78 is 44.6. The lowest BCUT2D eigenvalue weighted by Gasteiger charge is -2.27. The fraction of sp³-hybridized carbons (Fsp3) is 0.500. The Morgan fingerprint density at radius 2 is 1.95 bits per heavy atom. The number of carbonyl (C=O) groups excluding carboxylic acids is 2. The second-order valence-electron chi connectivity index (χ2n) is 10.6. The van der Waals surface area contributed by atoms with Crippen molar-refractivity contribution in [2.75, 3.05) is 13.2 Å². The molecule has 0 unspecified atom stereocenters. The predicted octanol–water partition coefficient (Wildman–Crippen LogP) is 4.00. The van der Waals surface area contributed by atoms with Gasteiger partial charge in [-0.05, 0) is 65.2 Å². The van der Waals surface area contributed by atoms with Crippen LogP contribution >= 0.6 is 0 Å². The van der Waals surface area contributed by atoms with Gasteiger partial charge in [-0.15, -0.1) is 0 Å². The minimum Gasteiger partial charge on any atom is -0.444 e. The van der Waals surface area contributed by atoms with Gasteiger partial charge in [-0.2, -0.15) is 4.31 Å². The van der Waals surface area contributed by atoms with Crippen molar-refractivity contribution >= 4 is 44.1 Å². The number of fused-ring (bicyclic) bond motifs is 3.